The molecule has 0 aromatic heterocycles. The zero-order chi connectivity index (χ0) is 27.7. The number of likely N-dealkylation sites (tertiary alicyclic amines) is 1. The average Bonchev–Trinajstić information content (AvgIpc) is 3.34. The number of unbranched alkanes of at least 4 members (excludes halogenated alkanes) is 1. The van der Waals surface area contributed by atoms with Gasteiger partial charge >= 0.3 is 5.97 Å². The van der Waals surface area contributed by atoms with Gasteiger partial charge in [-0.2, -0.15) is 0 Å². The van der Waals surface area contributed by atoms with Crippen LogP contribution >= 0.6 is 0 Å². The van der Waals surface area contributed by atoms with E-state index in [1.807, 2.05) is 41.5 Å². The quantitative estimate of drug-likeness (QED) is 0.228. The summed E-state index contributed by atoms with van der Waals surface area (Å²) in [6, 6.07) is -1.63. The van der Waals surface area contributed by atoms with Gasteiger partial charge in [-0.3, -0.25) is 14.4 Å². The summed E-state index contributed by atoms with van der Waals surface area (Å²) in [4.78, 5) is 45.4. The van der Waals surface area contributed by atoms with Crippen molar-refractivity contribution in [2.75, 3.05) is 19.8 Å². The van der Waals surface area contributed by atoms with E-state index >= 15 is 0 Å². The maximum atomic E-state index is 14.3. The number of hydrogen-bond acceptors (Lipinski definition) is 6. The number of aliphatic hydroxyl groups excluding tert-OH is 1. The molecule has 0 saturated carbocycles. The second kappa shape index (κ2) is 11.3. The summed E-state index contributed by atoms with van der Waals surface area (Å²) < 4.78 is 12.4. The molecule has 0 radical (unpaired) electrons. The fourth-order valence-corrected chi connectivity index (χ4v) is 6.87. The summed E-state index contributed by atoms with van der Waals surface area (Å²) in [5.41, 5.74) is -2.08. The van der Waals surface area contributed by atoms with Crippen LogP contribution in [0.2, 0.25) is 0 Å². The molecule has 3 saturated heterocycles. The van der Waals surface area contributed by atoms with Gasteiger partial charge in [0.15, 0.2) is 0 Å². The third kappa shape index (κ3) is 4.87. The van der Waals surface area contributed by atoms with Crippen LogP contribution in [0.15, 0.2) is 25.3 Å². The lowest BCUT2D eigenvalue weighted by Gasteiger charge is -2.41. The van der Waals surface area contributed by atoms with Crippen LogP contribution in [-0.4, -0.2) is 81.8 Å². The molecule has 3 heterocycles. The Balaban J connectivity index is 2.11. The predicted octanol–water partition coefficient (Wildman–Crippen LogP) is 3.34. The van der Waals surface area contributed by atoms with E-state index in [9.17, 15) is 19.5 Å². The highest BCUT2D eigenvalue weighted by molar-refractivity contribution is 5.99. The summed E-state index contributed by atoms with van der Waals surface area (Å²) in [7, 11) is 0. The van der Waals surface area contributed by atoms with Gasteiger partial charge in [0.25, 0.3) is 0 Å². The van der Waals surface area contributed by atoms with Crippen LogP contribution in [0, 0.1) is 23.7 Å². The summed E-state index contributed by atoms with van der Waals surface area (Å²) in [6.45, 7) is 19.6. The lowest BCUT2D eigenvalue weighted by Crippen LogP contribution is -2.60. The van der Waals surface area contributed by atoms with E-state index in [4.69, 9.17) is 9.47 Å². The molecule has 1 N–H and O–H groups in total. The van der Waals surface area contributed by atoms with Crippen LogP contribution in [0.3, 0.4) is 0 Å². The van der Waals surface area contributed by atoms with Crippen molar-refractivity contribution in [2.45, 2.75) is 96.6 Å². The van der Waals surface area contributed by atoms with Crippen LogP contribution in [0.5, 0.6) is 0 Å². The number of carbonyl (C=O) groups excluding carboxylic acids is 3. The normalized spacial score (nSPS) is 33.1. The number of carbonyl (C=O) groups is 3. The molecule has 1 spiro atoms. The maximum absolute atomic E-state index is 14.3. The number of fused-ring (bicyclic) bond motifs is 1. The van der Waals surface area contributed by atoms with Crippen molar-refractivity contribution in [1.29, 1.82) is 0 Å². The fourth-order valence-electron chi connectivity index (χ4n) is 6.87. The molecule has 3 fully saturated rings. The second-order valence-corrected chi connectivity index (χ2v) is 11.9. The van der Waals surface area contributed by atoms with Gasteiger partial charge in [0, 0.05) is 12.6 Å². The first-order valence-electron chi connectivity index (χ1n) is 13.7. The summed E-state index contributed by atoms with van der Waals surface area (Å²) in [5, 5.41) is 10.4. The summed E-state index contributed by atoms with van der Waals surface area (Å²) in [6.07, 6.45) is 5.83. The second-order valence-electron chi connectivity index (χ2n) is 11.9. The SMILES string of the molecule is C=CCCCOC(=O)[C@H]1[C@H]2C(=O)N([C@@H](CO)CC(C)C)C(C(=O)N(CC=C)C(C)C)C23CC(C)[C@]1(C)O3. The average molecular weight is 519 g/mol. The van der Waals surface area contributed by atoms with Crippen molar-refractivity contribution in [3.8, 4) is 0 Å². The van der Waals surface area contributed by atoms with Crippen LogP contribution < -0.4 is 0 Å². The minimum Gasteiger partial charge on any atom is -0.465 e. The van der Waals surface area contributed by atoms with E-state index in [2.05, 4.69) is 13.2 Å². The molecule has 208 valence electrons. The molecule has 2 amide bonds. The molecule has 3 unspecified atom stereocenters. The van der Waals surface area contributed by atoms with E-state index in [-0.39, 0.29) is 42.9 Å². The monoisotopic (exact) mass is 518 g/mol. The molecule has 3 rings (SSSR count). The number of rotatable bonds is 13. The van der Waals surface area contributed by atoms with Crippen molar-refractivity contribution in [1.82, 2.24) is 9.80 Å². The smallest absolute Gasteiger partial charge is 0.312 e. The van der Waals surface area contributed by atoms with E-state index in [0.29, 0.717) is 25.8 Å². The molecule has 2 bridgehead atoms. The third-order valence-electron chi connectivity index (χ3n) is 8.62. The Labute approximate surface area is 222 Å². The maximum Gasteiger partial charge on any atom is 0.312 e. The zero-order valence-corrected chi connectivity index (χ0v) is 23.4. The molecule has 7 atom stereocenters. The third-order valence-corrected chi connectivity index (χ3v) is 8.62. The fraction of sp³-hybridized carbons (Fsp3) is 0.759. The van der Waals surface area contributed by atoms with E-state index in [1.165, 1.54) is 0 Å². The Morgan fingerprint density at radius 3 is 2.49 bits per heavy atom. The molecule has 8 nitrogen and oxygen atoms in total. The Morgan fingerprint density at radius 2 is 1.95 bits per heavy atom. The zero-order valence-electron chi connectivity index (χ0n) is 23.4. The van der Waals surface area contributed by atoms with Crippen molar-refractivity contribution >= 4 is 17.8 Å². The first-order chi connectivity index (χ1) is 17.4. The summed E-state index contributed by atoms with van der Waals surface area (Å²) in [5.74, 6) is -2.53. The number of allylic oxidation sites excluding steroid dienone is 1. The van der Waals surface area contributed by atoms with Gasteiger partial charge in [0.05, 0.1) is 30.8 Å². The minimum absolute atomic E-state index is 0.0675. The first-order valence-corrected chi connectivity index (χ1v) is 13.7. The number of hydrogen-bond donors (Lipinski definition) is 1. The molecule has 0 aliphatic carbocycles. The van der Waals surface area contributed by atoms with Crippen molar-refractivity contribution < 1.29 is 29.0 Å². The van der Waals surface area contributed by atoms with Crippen LogP contribution in [0.4, 0.5) is 0 Å². The van der Waals surface area contributed by atoms with Crippen LogP contribution in [0.25, 0.3) is 0 Å². The van der Waals surface area contributed by atoms with E-state index in [0.717, 1.165) is 6.42 Å². The van der Waals surface area contributed by atoms with E-state index in [1.54, 1.807) is 22.0 Å². The number of esters is 1. The molecule has 0 aromatic rings. The van der Waals surface area contributed by atoms with Gasteiger partial charge in [-0.05, 0) is 58.3 Å². The molecule has 3 aliphatic rings. The van der Waals surface area contributed by atoms with Crippen LogP contribution in [0.1, 0.15) is 67.2 Å². The lowest BCUT2D eigenvalue weighted by atomic mass is 9.62. The molecule has 0 aromatic carbocycles. The van der Waals surface area contributed by atoms with Crippen LogP contribution in [-0.2, 0) is 23.9 Å². The molecular formula is C29H46N2O6. The standard InChI is InChI=1S/C29H46N2O6/c1-9-11-12-14-36-27(35)23-22-25(33)31(21(17-32)15-18(3)4)24(26(34)30(13-10-2)19(5)6)29(22)16-20(7)28(23,8)37-29/h9-10,18-24,32H,1-2,11-17H2,3-8H3/t20?,21-,22+,23-,24?,28+,29?/m1/s1. The topological polar surface area (TPSA) is 96.4 Å². The molecule has 37 heavy (non-hydrogen) atoms. The van der Waals surface area contributed by atoms with Gasteiger partial charge in [0.2, 0.25) is 11.8 Å². The Kier molecular flexibility index (Phi) is 8.95. The lowest BCUT2D eigenvalue weighted by molar-refractivity contribution is -0.164. The van der Waals surface area contributed by atoms with Crippen molar-refractivity contribution in [2.24, 2.45) is 23.7 Å². The number of nitrogens with zero attached hydrogens (tertiary/aromatic N) is 2. The number of aliphatic hydroxyl groups is 1. The predicted molar refractivity (Wildman–Crippen MR) is 141 cm³/mol. The van der Waals surface area contributed by atoms with Gasteiger partial charge < -0.3 is 24.4 Å². The molecule has 8 heteroatoms. The Morgan fingerprint density at radius 1 is 1.27 bits per heavy atom. The number of ether oxygens (including phenoxy) is 2. The Hall–Kier alpha value is -2.19. The summed E-state index contributed by atoms with van der Waals surface area (Å²) >= 11 is 0. The van der Waals surface area contributed by atoms with Gasteiger partial charge in [-0.25, -0.2) is 0 Å². The molecule has 3 aliphatic heterocycles. The minimum atomic E-state index is -1.16. The first kappa shape index (κ1) is 29.4. The van der Waals surface area contributed by atoms with Gasteiger partial charge in [-0.15, -0.1) is 13.2 Å². The Bertz CT molecular complexity index is 903. The number of amides is 2. The highest BCUT2D eigenvalue weighted by Crippen LogP contribution is 2.65. The molecular weight excluding hydrogens is 472 g/mol. The van der Waals surface area contributed by atoms with E-state index < -0.39 is 41.1 Å². The van der Waals surface area contributed by atoms with Crippen molar-refractivity contribution in [3.05, 3.63) is 25.3 Å². The van der Waals surface area contributed by atoms with Gasteiger partial charge in [0.1, 0.15) is 17.6 Å². The highest BCUT2D eigenvalue weighted by atomic mass is 16.6. The van der Waals surface area contributed by atoms with Crippen molar-refractivity contribution in [3.63, 3.8) is 0 Å². The largest absolute Gasteiger partial charge is 0.465 e. The van der Waals surface area contributed by atoms with Gasteiger partial charge in [-0.1, -0.05) is 32.9 Å². The highest BCUT2D eigenvalue weighted by Gasteiger charge is 2.80.